The van der Waals surface area contributed by atoms with Crippen LogP contribution < -0.4 is 9.47 Å². The van der Waals surface area contributed by atoms with Crippen LogP contribution in [0.4, 0.5) is 0 Å². The molecule has 0 spiro atoms. The maximum atomic E-state index is 10.8. The molecule has 1 aromatic rings. The van der Waals surface area contributed by atoms with E-state index in [0.29, 0.717) is 18.1 Å². The lowest BCUT2D eigenvalue weighted by molar-refractivity contribution is 0.00112. The summed E-state index contributed by atoms with van der Waals surface area (Å²) >= 11 is 0. The summed E-state index contributed by atoms with van der Waals surface area (Å²) in [6, 6.07) is 5.75. The van der Waals surface area contributed by atoms with Gasteiger partial charge >= 0.3 is 0 Å². The average Bonchev–Trinajstić information content (AvgIpc) is 2.55. The van der Waals surface area contributed by atoms with Gasteiger partial charge in [0.25, 0.3) is 0 Å². The van der Waals surface area contributed by atoms with Crippen LogP contribution in [0.25, 0.3) is 0 Å². The Morgan fingerprint density at radius 1 is 1.23 bits per heavy atom. The zero-order chi connectivity index (χ0) is 15.9. The van der Waals surface area contributed by atoms with E-state index in [1.165, 1.54) is 0 Å². The van der Waals surface area contributed by atoms with Gasteiger partial charge in [-0.3, -0.25) is 4.90 Å². The number of aliphatic hydroxyl groups is 1. The largest absolute Gasteiger partial charge is 0.493 e. The van der Waals surface area contributed by atoms with E-state index >= 15 is 0 Å². The van der Waals surface area contributed by atoms with Gasteiger partial charge in [-0.2, -0.15) is 0 Å². The molecule has 0 saturated heterocycles. The number of aliphatic hydroxyl groups excluding tert-OH is 1. The van der Waals surface area contributed by atoms with Crippen molar-refractivity contribution in [1.82, 2.24) is 4.90 Å². The highest BCUT2D eigenvalue weighted by Crippen LogP contribution is 2.40. The van der Waals surface area contributed by atoms with Gasteiger partial charge in [0.2, 0.25) is 0 Å². The highest BCUT2D eigenvalue weighted by molar-refractivity contribution is 5.49. The Morgan fingerprint density at radius 2 is 1.91 bits per heavy atom. The zero-order valence-corrected chi connectivity index (χ0v) is 14.0. The van der Waals surface area contributed by atoms with Crippen LogP contribution in [0.1, 0.15) is 51.2 Å². The second-order valence-electron chi connectivity index (χ2n) is 5.94. The minimum Gasteiger partial charge on any atom is -0.493 e. The molecule has 1 heterocycles. The maximum Gasteiger partial charge on any atom is 0.167 e. The Bertz CT molecular complexity index is 456. The van der Waals surface area contributed by atoms with Gasteiger partial charge in [0.15, 0.2) is 11.5 Å². The molecule has 0 amide bonds. The van der Waals surface area contributed by atoms with Crippen LogP contribution in [0, 0.1) is 0 Å². The van der Waals surface area contributed by atoms with Crippen LogP contribution in [0.3, 0.4) is 0 Å². The fourth-order valence-electron chi connectivity index (χ4n) is 3.02. The Kier molecular flexibility index (Phi) is 6.52. The first-order valence-electron chi connectivity index (χ1n) is 8.44. The third kappa shape index (κ3) is 3.73. The number of methoxy groups -OCH3 is 1. The van der Waals surface area contributed by atoms with Crippen LogP contribution in [0.2, 0.25) is 0 Å². The van der Waals surface area contributed by atoms with Crippen molar-refractivity contribution < 1.29 is 14.6 Å². The molecule has 4 heteroatoms. The molecule has 0 fully saturated rings. The molecule has 4 nitrogen and oxygen atoms in total. The lowest BCUT2D eigenvalue weighted by atomic mass is 9.97. The van der Waals surface area contributed by atoms with Crippen molar-refractivity contribution in [3.8, 4) is 11.5 Å². The van der Waals surface area contributed by atoms with Crippen LogP contribution in [0.15, 0.2) is 18.2 Å². The molecule has 0 aliphatic carbocycles. The predicted octanol–water partition coefficient (Wildman–Crippen LogP) is 3.39. The average molecular weight is 307 g/mol. The Hall–Kier alpha value is -1.26. The molecule has 2 unspecified atom stereocenters. The van der Waals surface area contributed by atoms with Gasteiger partial charge in [0.1, 0.15) is 12.7 Å². The number of para-hydroxylation sites is 1. The van der Waals surface area contributed by atoms with Crippen LogP contribution in [-0.4, -0.2) is 42.9 Å². The van der Waals surface area contributed by atoms with Crippen molar-refractivity contribution in [1.29, 1.82) is 0 Å². The number of benzene rings is 1. The van der Waals surface area contributed by atoms with Crippen molar-refractivity contribution in [2.75, 3.05) is 26.8 Å². The quantitative estimate of drug-likeness (QED) is 0.799. The molecule has 2 atom stereocenters. The summed E-state index contributed by atoms with van der Waals surface area (Å²) in [7, 11) is 1.63. The van der Waals surface area contributed by atoms with E-state index < -0.39 is 6.10 Å². The van der Waals surface area contributed by atoms with E-state index in [0.717, 1.165) is 44.3 Å². The first kappa shape index (κ1) is 17.1. The summed E-state index contributed by atoms with van der Waals surface area (Å²) in [4.78, 5) is 2.39. The van der Waals surface area contributed by atoms with Gasteiger partial charge in [-0.15, -0.1) is 0 Å². The van der Waals surface area contributed by atoms with Crippen molar-refractivity contribution >= 4 is 0 Å². The highest BCUT2D eigenvalue weighted by Gasteiger charge is 2.34. The van der Waals surface area contributed by atoms with E-state index in [-0.39, 0.29) is 6.04 Å². The second-order valence-corrected chi connectivity index (χ2v) is 5.94. The number of hydrogen-bond donors (Lipinski definition) is 1. The lowest BCUT2D eigenvalue weighted by Gasteiger charge is -2.38. The van der Waals surface area contributed by atoms with Gasteiger partial charge in [-0.05, 0) is 32.0 Å². The minimum absolute atomic E-state index is 0.0257. The molecule has 0 bridgehead atoms. The number of unbranched alkanes of at least 4 members (excludes halogenated alkanes) is 2. The number of ether oxygens (including phenoxy) is 2. The zero-order valence-electron chi connectivity index (χ0n) is 14.0. The molecular weight excluding hydrogens is 278 g/mol. The lowest BCUT2D eigenvalue weighted by Crippen LogP contribution is -2.46. The number of fused-ring (bicyclic) bond motifs is 1. The molecule has 1 aliphatic rings. The van der Waals surface area contributed by atoms with Crippen molar-refractivity contribution in [3.63, 3.8) is 0 Å². The predicted molar refractivity (Wildman–Crippen MR) is 88.6 cm³/mol. The SMILES string of the molecule is CCCCN(CCCC)C1COc2c(OC)cccc2C1O. The number of nitrogens with zero attached hydrogens (tertiary/aromatic N) is 1. The van der Waals surface area contributed by atoms with Crippen molar-refractivity contribution in [2.45, 2.75) is 51.7 Å². The maximum absolute atomic E-state index is 10.8. The molecule has 1 aliphatic heterocycles. The first-order valence-corrected chi connectivity index (χ1v) is 8.44. The number of rotatable bonds is 8. The Labute approximate surface area is 134 Å². The van der Waals surface area contributed by atoms with E-state index in [4.69, 9.17) is 9.47 Å². The first-order chi connectivity index (χ1) is 10.7. The van der Waals surface area contributed by atoms with Crippen molar-refractivity contribution in [3.05, 3.63) is 23.8 Å². The molecule has 1 aromatic carbocycles. The molecule has 0 aromatic heterocycles. The summed E-state index contributed by atoms with van der Waals surface area (Å²) in [5.41, 5.74) is 0.841. The molecule has 124 valence electrons. The molecule has 0 saturated carbocycles. The second kappa shape index (κ2) is 8.39. The topological polar surface area (TPSA) is 41.9 Å². The van der Waals surface area contributed by atoms with E-state index in [9.17, 15) is 5.11 Å². The van der Waals surface area contributed by atoms with Crippen LogP contribution in [-0.2, 0) is 0 Å². The van der Waals surface area contributed by atoms with Crippen molar-refractivity contribution in [2.24, 2.45) is 0 Å². The van der Waals surface area contributed by atoms with Gasteiger partial charge in [0, 0.05) is 5.56 Å². The Morgan fingerprint density at radius 3 is 2.50 bits per heavy atom. The summed E-state index contributed by atoms with van der Waals surface area (Å²) in [5.74, 6) is 1.39. The molecule has 1 N–H and O–H groups in total. The fourth-order valence-corrected chi connectivity index (χ4v) is 3.02. The Balaban J connectivity index is 2.17. The van der Waals surface area contributed by atoms with Gasteiger partial charge < -0.3 is 14.6 Å². The fraction of sp³-hybridized carbons (Fsp3) is 0.667. The molecule has 22 heavy (non-hydrogen) atoms. The molecule has 2 rings (SSSR count). The third-order valence-corrected chi connectivity index (χ3v) is 4.38. The van der Waals surface area contributed by atoms with E-state index in [1.807, 2.05) is 18.2 Å². The van der Waals surface area contributed by atoms with Crippen LogP contribution >= 0.6 is 0 Å². The van der Waals surface area contributed by atoms with E-state index in [1.54, 1.807) is 7.11 Å². The highest BCUT2D eigenvalue weighted by atomic mass is 16.5. The molecule has 0 radical (unpaired) electrons. The number of hydrogen-bond acceptors (Lipinski definition) is 4. The van der Waals surface area contributed by atoms with E-state index in [2.05, 4.69) is 18.7 Å². The summed E-state index contributed by atoms with van der Waals surface area (Å²) in [5, 5.41) is 10.8. The third-order valence-electron chi connectivity index (χ3n) is 4.38. The van der Waals surface area contributed by atoms with Gasteiger partial charge in [-0.1, -0.05) is 38.8 Å². The molecular formula is C18H29NO3. The standard InChI is InChI=1S/C18H29NO3/c1-4-6-11-19(12-7-5-2)15-13-22-18-14(17(15)20)9-8-10-16(18)21-3/h8-10,15,17,20H,4-7,11-13H2,1-3H3. The van der Waals surface area contributed by atoms with Gasteiger partial charge in [-0.25, -0.2) is 0 Å². The minimum atomic E-state index is -0.521. The monoisotopic (exact) mass is 307 g/mol. The summed E-state index contributed by atoms with van der Waals surface area (Å²) in [6.07, 6.45) is 4.11. The van der Waals surface area contributed by atoms with Gasteiger partial charge in [0.05, 0.1) is 13.2 Å². The summed E-state index contributed by atoms with van der Waals surface area (Å²) < 4.78 is 11.3. The summed E-state index contributed by atoms with van der Waals surface area (Å²) in [6.45, 7) is 6.95. The van der Waals surface area contributed by atoms with Crippen LogP contribution in [0.5, 0.6) is 11.5 Å². The smallest absolute Gasteiger partial charge is 0.167 e. The normalized spacial score (nSPS) is 20.6.